The highest BCUT2D eigenvalue weighted by Gasteiger charge is 2.24. The Morgan fingerprint density at radius 2 is 2.30 bits per heavy atom. The molecule has 2 aromatic rings. The molecule has 1 saturated heterocycles. The van der Waals surface area contributed by atoms with E-state index in [4.69, 9.17) is 0 Å². The minimum atomic E-state index is -0.0946. The van der Waals surface area contributed by atoms with Crippen LogP contribution in [0.15, 0.2) is 29.6 Å². The minimum absolute atomic E-state index is 0.0946. The van der Waals surface area contributed by atoms with Crippen LogP contribution >= 0.6 is 11.3 Å². The van der Waals surface area contributed by atoms with Crippen LogP contribution in [-0.4, -0.2) is 23.3 Å². The molecule has 3 rings (SSSR count). The van der Waals surface area contributed by atoms with Crippen molar-refractivity contribution in [3.8, 4) is 0 Å². The third kappa shape index (κ3) is 3.76. The second-order valence-electron chi connectivity index (χ2n) is 5.55. The number of benzene rings is 1. The molecule has 1 aliphatic heterocycles. The quantitative estimate of drug-likeness (QED) is 0.917. The van der Waals surface area contributed by atoms with Crippen LogP contribution in [0.2, 0.25) is 0 Å². The van der Waals surface area contributed by atoms with Crippen LogP contribution in [0.1, 0.15) is 31.0 Å². The van der Waals surface area contributed by atoms with Crippen molar-refractivity contribution in [2.75, 3.05) is 16.8 Å². The summed E-state index contributed by atoms with van der Waals surface area (Å²) in [7, 11) is 0. The Bertz CT molecular complexity index is 726. The molecule has 23 heavy (non-hydrogen) atoms. The van der Waals surface area contributed by atoms with Gasteiger partial charge in [0.2, 0.25) is 11.8 Å². The maximum Gasteiger partial charge on any atom is 0.230 e. The fourth-order valence-electron chi connectivity index (χ4n) is 2.59. The first kappa shape index (κ1) is 15.7. The molecule has 0 bridgehead atoms. The molecular formula is C17H19N3O2S. The summed E-state index contributed by atoms with van der Waals surface area (Å²) in [6.07, 6.45) is 2.61. The number of rotatable bonds is 5. The van der Waals surface area contributed by atoms with E-state index in [1.807, 2.05) is 29.6 Å². The van der Waals surface area contributed by atoms with Crippen molar-refractivity contribution in [1.82, 2.24) is 4.98 Å². The molecule has 1 aromatic heterocycles. The molecule has 1 aromatic carbocycles. The molecule has 0 saturated carbocycles. The first-order valence-corrected chi connectivity index (χ1v) is 8.67. The standard InChI is InChI=1S/C17H19N3O2S/c1-2-12-5-3-6-13(9-12)18-15(21)10-14-11-23-17(19-14)20-8-4-7-16(20)22/h3,5-6,9,11H,2,4,7-8,10H2,1H3,(H,18,21). The van der Waals surface area contributed by atoms with Gasteiger partial charge in [0.05, 0.1) is 12.1 Å². The van der Waals surface area contributed by atoms with Gasteiger partial charge < -0.3 is 5.32 Å². The van der Waals surface area contributed by atoms with Crippen molar-refractivity contribution in [3.05, 3.63) is 40.9 Å². The monoisotopic (exact) mass is 329 g/mol. The number of aromatic nitrogens is 1. The molecule has 1 aliphatic rings. The number of anilines is 2. The van der Waals surface area contributed by atoms with Gasteiger partial charge in [0.25, 0.3) is 0 Å². The Kier molecular flexibility index (Phi) is 4.71. The minimum Gasteiger partial charge on any atom is -0.326 e. The highest BCUT2D eigenvalue weighted by atomic mass is 32.1. The second kappa shape index (κ2) is 6.91. The molecule has 1 fully saturated rings. The normalized spacial score (nSPS) is 14.3. The third-order valence-electron chi connectivity index (χ3n) is 3.80. The van der Waals surface area contributed by atoms with Crippen molar-refractivity contribution in [1.29, 1.82) is 0 Å². The lowest BCUT2D eigenvalue weighted by molar-refractivity contribution is -0.117. The van der Waals surface area contributed by atoms with Crippen LogP contribution in [0, 0.1) is 0 Å². The molecular weight excluding hydrogens is 310 g/mol. The van der Waals surface area contributed by atoms with E-state index in [9.17, 15) is 9.59 Å². The van der Waals surface area contributed by atoms with Gasteiger partial charge in [0.15, 0.2) is 5.13 Å². The van der Waals surface area contributed by atoms with Crippen molar-refractivity contribution in [3.63, 3.8) is 0 Å². The topological polar surface area (TPSA) is 62.3 Å². The largest absolute Gasteiger partial charge is 0.326 e. The zero-order chi connectivity index (χ0) is 16.2. The van der Waals surface area contributed by atoms with E-state index in [0.29, 0.717) is 17.2 Å². The first-order valence-electron chi connectivity index (χ1n) is 7.79. The zero-order valence-electron chi connectivity index (χ0n) is 13.0. The number of thiazole rings is 1. The summed E-state index contributed by atoms with van der Waals surface area (Å²) in [5.74, 6) is 0.0228. The Labute approximate surface area is 139 Å². The molecule has 2 amide bonds. The van der Waals surface area contributed by atoms with E-state index >= 15 is 0 Å². The Hall–Kier alpha value is -2.21. The fourth-order valence-corrected chi connectivity index (χ4v) is 3.46. The number of amides is 2. The van der Waals surface area contributed by atoms with Gasteiger partial charge in [-0.05, 0) is 30.5 Å². The molecule has 120 valence electrons. The lowest BCUT2D eigenvalue weighted by atomic mass is 10.1. The number of carbonyl (C=O) groups is 2. The molecule has 1 N–H and O–H groups in total. The van der Waals surface area contributed by atoms with Crippen LogP contribution in [0.25, 0.3) is 0 Å². The highest BCUT2D eigenvalue weighted by molar-refractivity contribution is 7.14. The predicted molar refractivity (Wildman–Crippen MR) is 91.9 cm³/mol. The molecule has 0 unspecified atom stereocenters. The van der Waals surface area contributed by atoms with Crippen LogP contribution in [0.3, 0.4) is 0 Å². The van der Waals surface area contributed by atoms with Gasteiger partial charge in [-0.25, -0.2) is 4.98 Å². The summed E-state index contributed by atoms with van der Waals surface area (Å²) in [5.41, 5.74) is 2.69. The van der Waals surface area contributed by atoms with E-state index in [-0.39, 0.29) is 18.2 Å². The molecule has 0 radical (unpaired) electrons. The summed E-state index contributed by atoms with van der Waals surface area (Å²) < 4.78 is 0. The van der Waals surface area contributed by atoms with Crippen LogP contribution < -0.4 is 10.2 Å². The van der Waals surface area contributed by atoms with Gasteiger partial charge in [-0.2, -0.15) is 0 Å². The second-order valence-corrected chi connectivity index (χ2v) is 6.39. The maximum absolute atomic E-state index is 12.1. The zero-order valence-corrected chi connectivity index (χ0v) is 13.9. The van der Waals surface area contributed by atoms with Crippen LogP contribution in [-0.2, 0) is 22.4 Å². The van der Waals surface area contributed by atoms with E-state index < -0.39 is 0 Å². The highest BCUT2D eigenvalue weighted by Crippen LogP contribution is 2.25. The lowest BCUT2D eigenvalue weighted by Crippen LogP contribution is -2.23. The number of nitrogens with one attached hydrogen (secondary N) is 1. The lowest BCUT2D eigenvalue weighted by Gasteiger charge is -2.10. The van der Waals surface area contributed by atoms with E-state index in [2.05, 4.69) is 17.2 Å². The third-order valence-corrected chi connectivity index (χ3v) is 4.72. The smallest absolute Gasteiger partial charge is 0.230 e. The van der Waals surface area contributed by atoms with Gasteiger partial charge in [-0.1, -0.05) is 19.1 Å². The summed E-state index contributed by atoms with van der Waals surface area (Å²) >= 11 is 1.42. The Morgan fingerprint density at radius 3 is 3.04 bits per heavy atom. The van der Waals surface area contributed by atoms with Gasteiger partial charge in [0, 0.05) is 24.0 Å². The van der Waals surface area contributed by atoms with E-state index in [1.165, 1.54) is 16.9 Å². The fraction of sp³-hybridized carbons (Fsp3) is 0.353. The van der Waals surface area contributed by atoms with Gasteiger partial charge in [-0.3, -0.25) is 14.5 Å². The average molecular weight is 329 g/mol. The first-order chi connectivity index (χ1) is 11.2. The summed E-state index contributed by atoms with van der Waals surface area (Å²) in [5, 5.41) is 5.45. The van der Waals surface area contributed by atoms with E-state index in [1.54, 1.807) is 4.90 Å². The number of carbonyl (C=O) groups excluding carboxylic acids is 2. The van der Waals surface area contributed by atoms with Crippen molar-refractivity contribution in [2.45, 2.75) is 32.6 Å². The molecule has 5 nitrogen and oxygen atoms in total. The Morgan fingerprint density at radius 1 is 1.43 bits per heavy atom. The average Bonchev–Trinajstić information content (AvgIpc) is 3.16. The number of aryl methyl sites for hydroxylation is 1. The summed E-state index contributed by atoms with van der Waals surface area (Å²) in [4.78, 5) is 30.0. The van der Waals surface area contributed by atoms with Gasteiger partial charge in [-0.15, -0.1) is 11.3 Å². The summed E-state index contributed by atoms with van der Waals surface area (Å²) in [6, 6.07) is 7.84. The van der Waals surface area contributed by atoms with Crippen molar-refractivity contribution < 1.29 is 9.59 Å². The van der Waals surface area contributed by atoms with E-state index in [0.717, 1.165) is 25.1 Å². The van der Waals surface area contributed by atoms with Gasteiger partial charge >= 0.3 is 0 Å². The van der Waals surface area contributed by atoms with Gasteiger partial charge in [0.1, 0.15) is 0 Å². The maximum atomic E-state index is 12.1. The number of hydrogen-bond donors (Lipinski definition) is 1. The van der Waals surface area contributed by atoms with Crippen molar-refractivity contribution >= 4 is 34.0 Å². The summed E-state index contributed by atoms with van der Waals surface area (Å²) in [6.45, 7) is 2.80. The number of nitrogens with zero attached hydrogens (tertiary/aromatic N) is 2. The molecule has 0 aliphatic carbocycles. The molecule has 6 heteroatoms. The SMILES string of the molecule is CCc1cccc(NC(=O)Cc2csc(N3CCCC3=O)n2)c1. The molecule has 0 atom stereocenters. The molecule has 2 heterocycles. The van der Waals surface area contributed by atoms with Crippen LogP contribution in [0.4, 0.5) is 10.8 Å². The van der Waals surface area contributed by atoms with Crippen LogP contribution in [0.5, 0.6) is 0 Å². The predicted octanol–water partition coefficient (Wildman–Crippen LogP) is 3.01. The Balaban J connectivity index is 1.61. The van der Waals surface area contributed by atoms with Crippen molar-refractivity contribution in [2.24, 2.45) is 0 Å². The number of hydrogen-bond acceptors (Lipinski definition) is 4. The molecule has 0 spiro atoms.